The van der Waals surface area contributed by atoms with E-state index < -0.39 is 5.91 Å². The Morgan fingerprint density at radius 3 is 2.60 bits per heavy atom. The Morgan fingerprint density at radius 2 is 1.90 bits per heavy atom. The highest BCUT2D eigenvalue weighted by molar-refractivity contribution is 7.99. The number of rotatable bonds is 8. The van der Waals surface area contributed by atoms with Crippen LogP contribution in [0.2, 0.25) is 10.0 Å². The van der Waals surface area contributed by atoms with E-state index in [1.807, 2.05) is 6.07 Å². The summed E-state index contributed by atoms with van der Waals surface area (Å²) in [7, 11) is 1.52. The Hall–Kier alpha value is -2.61. The van der Waals surface area contributed by atoms with Crippen molar-refractivity contribution in [1.82, 2.24) is 0 Å². The molecule has 2 amide bonds. The summed E-state index contributed by atoms with van der Waals surface area (Å²) < 4.78 is 10.3. The molecule has 30 heavy (non-hydrogen) atoms. The van der Waals surface area contributed by atoms with E-state index in [1.165, 1.54) is 25.1 Å². The van der Waals surface area contributed by atoms with E-state index in [-0.39, 0.29) is 17.4 Å². The first-order valence-electron chi connectivity index (χ1n) is 8.80. The minimum Gasteiger partial charge on any atom is -0.497 e. The summed E-state index contributed by atoms with van der Waals surface area (Å²) in [5, 5.41) is 6.66. The van der Waals surface area contributed by atoms with Gasteiger partial charge in [-0.05, 0) is 42.0 Å². The van der Waals surface area contributed by atoms with Crippen molar-refractivity contribution >= 4 is 58.2 Å². The summed E-state index contributed by atoms with van der Waals surface area (Å²) in [4.78, 5) is 24.7. The maximum Gasteiger partial charge on any atom is 0.291 e. The zero-order chi connectivity index (χ0) is 21.5. The second-order valence-electron chi connectivity index (χ2n) is 6.12. The summed E-state index contributed by atoms with van der Waals surface area (Å²) in [6.07, 6.45) is 1.41. The molecule has 2 N–H and O–H groups in total. The number of hydrogen-bond donors (Lipinski definition) is 2. The van der Waals surface area contributed by atoms with Gasteiger partial charge in [-0.1, -0.05) is 29.3 Å². The molecule has 9 heteroatoms. The third-order valence-corrected chi connectivity index (χ3v) is 5.57. The van der Waals surface area contributed by atoms with E-state index in [0.717, 1.165) is 5.56 Å². The number of thioether (sulfide) groups is 1. The molecule has 0 aliphatic carbocycles. The van der Waals surface area contributed by atoms with E-state index in [4.69, 9.17) is 32.4 Å². The zero-order valence-corrected chi connectivity index (χ0v) is 18.2. The fourth-order valence-electron chi connectivity index (χ4n) is 2.53. The lowest BCUT2D eigenvalue weighted by Gasteiger charge is -2.13. The number of methoxy groups -OCH3 is 1. The number of benzene rings is 2. The van der Waals surface area contributed by atoms with Gasteiger partial charge in [0.25, 0.3) is 5.91 Å². The molecular formula is C21H18Cl2N2O4S. The van der Waals surface area contributed by atoms with Crippen molar-refractivity contribution in [3.63, 3.8) is 0 Å². The minimum absolute atomic E-state index is 0.165. The van der Waals surface area contributed by atoms with Crippen LogP contribution in [0.15, 0.2) is 59.2 Å². The fourth-order valence-corrected chi connectivity index (χ4v) is 3.92. The maximum absolute atomic E-state index is 12.4. The lowest BCUT2D eigenvalue weighted by Crippen LogP contribution is -2.18. The molecule has 0 saturated heterocycles. The minimum atomic E-state index is -0.424. The molecule has 1 aromatic heterocycles. The van der Waals surface area contributed by atoms with Crippen LogP contribution in [0, 0.1) is 0 Å². The van der Waals surface area contributed by atoms with Crippen LogP contribution in [0.1, 0.15) is 16.1 Å². The van der Waals surface area contributed by atoms with Crippen LogP contribution in [-0.4, -0.2) is 24.7 Å². The van der Waals surface area contributed by atoms with Crippen LogP contribution >= 0.6 is 35.0 Å². The number of carbonyl (C=O) groups is 2. The van der Waals surface area contributed by atoms with Gasteiger partial charge in [0.05, 0.1) is 30.5 Å². The van der Waals surface area contributed by atoms with Crippen LogP contribution in [0.25, 0.3) is 0 Å². The topological polar surface area (TPSA) is 80.6 Å². The number of halogens is 2. The van der Waals surface area contributed by atoms with Gasteiger partial charge in [-0.2, -0.15) is 0 Å². The zero-order valence-electron chi connectivity index (χ0n) is 15.9. The third kappa shape index (κ3) is 5.95. The van der Waals surface area contributed by atoms with Gasteiger partial charge in [0.1, 0.15) is 5.75 Å². The van der Waals surface area contributed by atoms with Crippen molar-refractivity contribution < 1.29 is 18.7 Å². The molecule has 0 saturated carbocycles. The van der Waals surface area contributed by atoms with E-state index in [2.05, 4.69) is 10.6 Å². The maximum atomic E-state index is 12.4. The molecule has 0 aliphatic rings. The Bertz CT molecular complexity index is 1040. The number of nitrogens with one attached hydrogen (secondary N) is 2. The van der Waals surface area contributed by atoms with Crippen LogP contribution in [-0.2, 0) is 10.5 Å². The highest BCUT2D eigenvalue weighted by Gasteiger charge is 2.14. The monoisotopic (exact) mass is 464 g/mol. The summed E-state index contributed by atoms with van der Waals surface area (Å²) in [6, 6.07) is 13.4. The van der Waals surface area contributed by atoms with Crippen LogP contribution in [0.5, 0.6) is 5.75 Å². The largest absolute Gasteiger partial charge is 0.497 e. The average molecular weight is 465 g/mol. The molecule has 0 fully saturated rings. The molecular weight excluding hydrogens is 447 g/mol. The molecule has 3 aromatic rings. The van der Waals surface area contributed by atoms with Gasteiger partial charge in [-0.3, -0.25) is 9.59 Å². The Labute approximate surface area is 187 Å². The summed E-state index contributed by atoms with van der Waals surface area (Å²) in [5.41, 5.74) is 1.74. The van der Waals surface area contributed by atoms with Gasteiger partial charge < -0.3 is 19.8 Å². The number of ether oxygens (including phenoxy) is 1. The van der Waals surface area contributed by atoms with Crippen molar-refractivity contribution in [3.8, 4) is 5.75 Å². The first-order valence-corrected chi connectivity index (χ1v) is 10.7. The van der Waals surface area contributed by atoms with Crippen LogP contribution in [0.4, 0.5) is 11.4 Å². The molecule has 1 heterocycles. The van der Waals surface area contributed by atoms with Crippen molar-refractivity contribution in [2.75, 3.05) is 23.5 Å². The van der Waals surface area contributed by atoms with Gasteiger partial charge in [-0.25, -0.2) is 0 Å². The second kappa shape index (κ2) is 10.4. The average Bonchev–Trinajstić information content (AvgIpc) is 3.26. The van der Waals surface area contributed by atoms with Gasteiger partial charge in [-0.15, -0.1) is 11.8 Å². The molecule has 0 atom stereocenters. The van der Waals surface area contributed by atoms with Crippen molar-refractivity contribution in [1.29, 1.82) is 0 Å². The highest BCUT2D eigenvalue weighted by atomic mass is 35.5. The normalized spacial score (nSPS) is 10.5. The number of amides is 2. The van der Waals surface area contributed by atoms with Gasteiger partial charge in [0, 0.05) is 21.9 Å². The lowest BCUT2D eigenvalue weighted by atomic mass is 10.2. The molecule has 2 aromatic carbocycles. The molecule has 0 bridgehead atoms. The van der Waals surface area contributed by atoms with Crippen molar-refractivity contribution in [3.05, 3.63) is 76.2 Å². The molecule has 0 spiro atoms. The summed E-state index contributed by atoms with van der Waals surface area (Å²) in [5.74, 6) is 0.811. The SMILES string of the molecule is COc1ccc(NC(=O)c2ccco2)c(NC(=O)CSCc2ccc(Cl)cc2Cl)c1. The lowest BCUT2D eigenvalue weighted by molar-refractivity contribution is -0.113. The predicted molar refractivity (Wildman–Crippen MR) is 121 cm³/mol. The number of furan rings is 1. The second-order valence-corrected chi connectivity index (χ2v) is 7.95. The molecule has 3 rings (SSSR count). The first kappa shape index (κ1) is 22.1. The van der Waals surface area contributed by atoms with E-state index in [9.17, 15) is 9.59 Å². The van der Waals surface area contributed by atoms with Crippen LogP contribution in [0.3, 0.4) is 0 Å². The predicted octanol–water partition coefficient (Wildman–Crippen LogP) is 5.72. The summed E-state index contributed by atoms with van der Waals surface area (Å²) >= 11 is 13.5. The molecule has 0 unspecified atom stereocenters. The third-order valence-electron chi connectivity index (χ3n) is 4.00. The number of hydrogen-bond acceptors (Lipinski definition) is 5. The van der Waals surface area contributed by atoms with Crippen molar-refractivity contribution in [2.45, 2.75) is 5.75 Å². The van der Waals surface area contributed by atoms with Crippen molar-refractivity contribution in [2.24, 2.45) is 0 Å². The number of anilines is 2. The molecule has 0 aliphatic heterocycles. The highest BCUT2D eigenvalue weighted by Crippen LogP contribution is 2.29. The first-order chi connectivity index (χ1) is 14.5. The fraction of sp³-hybridized carbons (Fsp3) is 0.143. The number of carbonyl (C=O) groups excluding carboxylic acids is 2. The Kier molecular flexibility index (Phi) is 7.68. The summed E-state index contributed by atoms with van der Waals surface area (Å²) in [6.45, 7) is 0. The van der Waals surface area contributed by atoms with Crippen LogP contribution < -0.4 is 15.4 Å². The van der Waals surface area contributed by atoms with E-state index in [1.54, 1.807) is 42.5 Å². The molecule has 0 radical (unpaired) electrons. The Balaban J connectivity index is 1.63. The standard InChI is InChI=1S/C21H18Cl2N2O4S/c1-28-15-6-7-17(25-21(27)19-3-2-8-29-19)18(10-15)24-20(26)12-30-11-13-4-5-14(22)9-16(13)23/h2-10H,11-12H2,1H3,(H,24,26)(H,25,27). The quantitative estimate of drug-likeness (QED) is 0.445. The van der Waals surface area contributed by atoms with E-state index >= 15 is 0 Å². The smallest absolute Gasteiger partial charge is 0.291 e. The molecule has 6 nitrogen and oxygen atoms in total. The molecule has 156 valence electrons. The van der Waals surface area contributed by atoms with Gasteiger partial charge in [0.2, 0.25) is 5.91 Å². The van der Waals surface area contributed by atoms with E-state index in [0.29, 0.717) is 32.9 Å². The van der Waals surface area contributed by atoms with Gasteiger partial charge >= 0.3 is 0 Å². The van der Waals surface area contributed by atoms with Gasteiger partial charge in [0.15, 0.2) is 5.76 Å². The Morgan fingerprint density at radius 1 is 1.07 bits per heavy atom.